The van der Waals surface area contributed by atoms with Gasteiger partial charge in [-0.1, -0.05) is 31.0 Å². The maximum absolute atomic E-state index is 13.6. The second-order valence-electron chi connectivity index (χ2n) is 10.5. The third-order valence-electron chi connectivity index (χ3n) is 7.96. The van der Waals surface area contributed by atoms with E-state index in [0.29, 0.717) is 25.2 Å². The number of ether oxygens (including phenoxy) is 1. The van der Waals surface area contributed by atoms with Gasteiger partial charge in [-0.3, -0.25) is 19.3 Å². The molecule has 2 aliphatic heterocycles. The van der Waals surface area contributed by atoms with Gasteiger partial charge in [-0.2, -0.15) is 13.2 Å². The lowest BCUT2D eigenvalue weighted by molar-refractivity contribution is -0.139. The third kappa shape index (κ3) is 6.24. The molecule has 2 aromatic rings. The van der Waals surface area contributed by atoms with E-state index in [1.165, 1.54) is 0 Å². The van der Waals surface area contributed by atoms with Crippen LogP contribution < -0.4 is 10.1 Å². The van der Waals surface area contributed by atoms with Crippen molar-refractivity contribution in [3.8, 4) is 5.75 Å². The van der Waals surface area contributed by atoms with Crippen LogP contribution in [0.3, 0.4) is 0 Å². The number of amides is 3. The Hall–Kier alpha value is -3.60. The van der Waals surface area contributed by atoms with E-state index >= 15 is 0 Å². The summed E-state index contributed by atoms with van der Waals surface area (Å²) in [7, 11) is 0. The Labute approximate surface area is 231 Å². The van der Waals surface area contributed by atoms with E-state index in [0.717, 1.165) is 43.9 Å². The fraction of sp³-hybridized carbons (Fsp3) is 0.483. The van der Waals surface area contributed by atoms with Crippen molar-refractivity contribution in [1.82, 2.24) is 20.0 Å². The fourth-order valence-electron chi connectivity index (χ4n) is 5.80. The van der Waals surface area contributed by atoms with Crippen molar-refractivity contribution in [2.75, 3.05) is 45.9 Å². The Bertz CT molecular complexity index is 1230. The maximum Gasteiger partial charge on any atom is 0.416 e. The predicted molar refractivity (Wildman–Crippen MR) is 141 cm³/mol. The fourth-order valence-corrected chi connectivity index (χ4v) is 5.80. The van der Waals surface area contributed by atoms with E-state index < -0.39 is 23.7 Å². The molecule has 3 amide bonds. The van der Waals surface area contributed by atoms with Crippen LogP contribution >= 0.6 is 0 Å². The summed E-state index contributed by atoms with van der Waals surface area (Å²) in [5.41, 5.74) is -0.634. The van der Waals surface area contributed by atoms with Crippen LogP contribution in [0.15, 0.2) is 48.5 Å². The minimum atomic E-state index is -4.62. The van der Waals surface area contributed by atoms with Crippen molar-refractivity contribution in [2.24, 2.45) is 0 Å². The topological polar surface area (TPSA) is 82.2 Å². The summed E-state index contributed by atoms with van der Waals surface area (Å²) in [6.07, 6.45) is -0.603. The van der Waals surface area contributed by atoms with Crippen LogP contribution in [0, 0.1) is 0 Å². The van der Waals surface area contributed by atoms with Gasteiger partial charge in [-0.15, -0.1) is 0 Å². The van der Waals surface area contributed by atoms with Crippen LogP contribution in [0.5, 0.6) is 5.75 Å². The number of fused-ring (bicyclic) bond motifs is 2. The Balaban J connectivity index is 1.45. The summed E-state index contributed by atoms with van der Waals surface area (Å²) in [5.74, 6) is -0.931. The SMILES string of the molecule is O=C1NCCN(C2CCCC2)CC(=O)N2CCN(C(=O)c3ccccc3)C[C@H]2COc2ccc(C(F)(F)F)cc21. The van der Waals surface area contributed by atoms with Crippen molar-refractivity contribution in [1.29, 1.82) is 0 Å². The highest BCUT2D eigenvalue weighted by molar-refractivity contribution is 5.97. The molecular formula is C29H33F3N4O4. The molecule has 2 heterocycles. The summed E-state index contributed by atoms with van der Waals surface area (Å²) in [6.45, 7) is 1.51. The Kier molecular flexibility index (Phi) is 8.30. The lowest BCUT2D eigenvalue weighted by Crippen LogP contribution is -2.60. The van der Waals surface area contributed by atoms with Gasteiger partial charge in [0, 0.05) is 44.3 Å². The molecule has 0 radical (unpaired) electrons. The molecule has 2 aromatic carbocycles. The standard InChI is InChI=1S/C29H33F3N4O4/c30-29(31,32)21-10-11-25-24(16-21)27(38)33-12-13-34(22-8-4-5-9-22)18-26(37)36-15-14-35(17-23(36)19-40-25)28(39)20-6-2-1-3-7-20/h1-3,6-7,10-11,16,22-23H,4-5,8-9,12-15,17-19H2,(H,33,38)/t23-/m0/s1. The molecule has 3 aliphatic rings. The first-order valence-corrected chi connectivity index (χ1v) is 13.7. The molecular weight excluding hydrogens is 525 g/mol. The minimum Gasteiger partial charge on any atom is -0.491 e. The van der Waals surface area contributed by atoms with Crippen LogP contribution in [-0.2, 0) is 11.0 Å². The normalized spacial score (nSPS) is 21.8. The monoisotopic (exact) mass is 558 g/mol. The number of rotatable bonds is 2. The van der Waals surface area contributed by atoms with Crippen LogP contribution in [0.25, 0.3) is 0 Å². The van der Waals surface area contributed by atoms with Gasteiger partial charge in [0.1, 0.15) is 12.4 Å². The number of benzene rings is 2. The zero-order valence-corrected chi connectivity index (χ0v) is 22.2. The molecule has 1 aliphatic carbocycles. The first-order valence-electron chi connectivity index (χ1n) is 13.7. The molecule has 1 N–H and O–H groups in total. The number of hydrogen-bond donors (Lipinski definition) is 1. The number of nitrogens with zero attached hydrogens (tertiary/aromatic N) is 3. The van der Waals surface area contributed by atoms with Gasteiger partial charge in [0.15, 0.2) is 0 Å². The molecule has 1 saturated heterocycles. The van der Waals surface area contributed by atoms with E-state index in [2.05, 4.69) is 10.2 Å². The lowest BCUT2D eigenvalue weighted by atomic mass is 10.1. The number of carbonyl (C=O) groups is 3. The zero-order chi connectivity index (χ0) is 28.3. The predicted octanol–water partition coefficient (Wildman–Crippen LogP) is 3.43. The highest BCUT2D eigenvalue weighted by Gasteiger charge is 2.36. The van der Waals surface area contributed by atoms with E-state index in [1.54, 1.807) is 34.1 Å². The third-order valence-corrected chi connectivity index (χ3v) is 7.96. The van der Waals surface area contributed by atoms with Crippen molar-refractivity contribution in [3.05, 3.63) is 65.2 Å². The largest absolute Gasteiger partial charge is 0.491 e. The zero-order valence-electron chi connectivity index (χ0n) is 22.2. The number of hydrogen-bond acceptors (Lipinski definition) is 5. The quantitative estimate of drug-likeness (QED) is 0.611. The summed E-state index contributed by atoms with van der Waals surface area (Å²) in [6, 6.07) is 11.3. The Morgan fingerprint density at radius 2 is 1.70 bits per heavy atom. The van der Waals surface area contributed by atoms with Crippen molar-refractivity contribution >= 4 is 17.7 Å². The molecule has 40 heavy (non-hydrogen) atoms. The molecule has 11 heteroatoms. The highest BCUT2D eigenvalue weighted by Crippen LogP contribution is 2.33. The molecule has 214 valence electrons. The van der Waals surface area contributed by atoms with Crippen LogP contribution in [0.4, 0.5) is 13.2 Å². The van der Waals surface area contributed by atoms with Gasteiger partial charge in [-0.25, -0.2) is 0 Å². The van der Waals surface area contributed by atoms with Gasteiger partial charge < -0.3 is 19.9 Å². The molecule has 1 atom stereocenters. The molecule has 0 unspecified atom stereocenters. The molecule has 0 bridgehead atoms. The number of nitrogens with one attached hydrogen (secondary N) is 1. The van der Waals surface area contributed by atoms with Gasteiger partial charge in [0.05, 0.1) is 23.7 Å². The van der Waals surface area contributed by atoms with Gasteiger partial charge in [0.25, 0.3) is 11.8 Å². The van der Waals surface area contributed by atoms with Gasteiger partial charge in [-0.05, 0) is 43.2 Å². The van der Waals surface area contributed by atoms with Crippen molar-refractivity contribution in [2.45, 2.75) is 43.9 Å². The summed E-state index contributed by atoms with van der Waals surface area (Å²) < 4.78 is 46.4. The Morgan fingerprint density at radius 1 is 0.950 bits per heavy atom. The van der Waals surface area contributed by atoms with E-state index in [1.807, 2.05) is 6.07 Å². The average Bonchev–Trinajstić information content (AvgIpc) is 3.49. The molecule has 1 saturated carbocycles. The number of halogens is 3. The van der Waals surface area contributed by atoms with E-state index in [-0.39, 0.29) is 55.4 Å². The maximum atomic E-state index is 13.6. The number of piperazine rings is 1. The number of alkyl halides is 3. The van der Waals surface area contributed by atoms with Crippen LogP contribution in [-0.4, -0.2) is 90.4 Å². The second-order valence-corrected chi connectivity index (χ2v) is 10.5. The summed E-state index contributed by atoms with van der Waals surface area (Å²) in [5, 5.41) is 2.72. The minimum absolute atomic E-state index is 0.00342. The first-order chi connectivity index (χ1) is 19.2. The smallest absolute Gasteiger partial charge is 0.416 e. The van der Waals surface area contributed by atoms with E-state index in [9.17, 15) is 27.6 Å². The molecule has 8 nitrogen and oxygen atoms in total. The van der Waals surface area contributed by atoms with Crippen molar-refractivity contribution in [3.63, 3.8) is 0 Å². The molecule has 0 aromatic heterocycles. The molecule has 0 spiro atoms. The average molecular weight is 559 g/mol. The van der Waals surface area contributed by atoms with Gasteiger partial charge >= 0.3 is 6.18 Å². The summed E-state index contributed by atoms with van der Waals surface area (Å²) >= 11 is 0. The molecule has 5 rings (SSSR count). The Morgan fingerprint density at radius 3 is 2.42 bits per heavy atom. The van der Waals surface area contributed by atoms with Crippen LogP contribution in [0.2, 0.25) is 0 Å². The van der Waals surface area contributed by atoms with E-state index in [4.69, 9.17) is 4.74 Å². The van der Waals surface area contributed by atoms with Crippen molar-refractivity contribution < 1.29 is 32.3 Å². The molecule has 2 fully saturated rings. The number of carbonyl (C=O) groups excluding carboxylic acids is 3. The lowest BCUT2D eigenvalue weighted by Gasteiger charge is -2.42. The van der Waals surface area contributed by atoms with Crippen LogP contribution in [0.1, 0.15) is 52.0 Å². The van der Waals surface area contributed by atoms with Gasteiger partial charge in [0.2, 0.25) is 5.91 Å². The second kappa shape index (κ2) is 11.9. The first kappa shape index (κ1) is 27.9. The summed E-state index contributed by atoms with van der Waals surface area (Å²) in [4.78, 5) is 45.3. The highest BCUT2D eigenvalue weighted by atomic mass is 19.4.